The van der Waals surface area contributed by atoms with Crippen LogP contribution < -0.4 is 16.0 Å². The van der Waals surface area contributed by atoms with Gasteiger partial charge >= 0.3 is 0 Å². The average Bonchev–Trinajstić information content (AvgIpc) is 2.83. The Hall–Kier alpha value is -1.05. The first-order valence-corrected chi connectivity index (χ1v) is 8.53. The SMILES string of the molecule is CCCCNC(N)=NCc1ccc(N2CCCCCC2)nc1.I. The van der Waals surface area contributed by atoms with E-state index in [1.54, 1.807) is 0 Å². The van der Waals surface area contributed by atoms with Crippen molar-refractivity contribution in [2.75, 3.05) is 24.5 Å². The average molecular weight is 431 g/mol. The molecule has 130 valence electrons. The lowest BCUT2D eigenvalue weighted by Crippen LogP contribution is -2.32. The van der Waals surface area contributed by atoms with Crippen LogP contribution in [0.4, 0.5) is 5.82 Å². The van der Waals surface area contributed by atoms with Crippen LogP contribution in [0, 0.1) is 0 Å². The highest BCUT2D eigenvalue weighted by Gasteiger charge is 2.10. The zero-order valence-corrected chi connectivity index (χ0v) is 16.5. The fourth-order valence-corrected chi connectivity index (χ4v) is 2.62. The van der Waals surface area contributed by atoms with Crippen molar-refractivity contribution in [1.82, 2.24) is 10.3 Å². The standard InChI is InChI=1S/C17H29N5.HI/c1-2-3-10-19-17(18)21-14-15-8-9-16(20-13-15)22-11-6-4-5-7-12-22;/h8-9,13H,2-7,10-12,14H2,1H3,(H3,18,19,21);1H. The fourth-order valence-electron chi connectivity index (χ4n) is 2.62. The van der Waals surface area contributed by atoms with Gasteiger partial charge in [-0.1, -0.05) is 32.3 Å². The van der Waals surface area contributed by atoms with Crippen molar-refractivity contribution in [3.8, 4) is 0 Å². The van der Waals surface area contributed by atoms with Crippen molar-refractivity contribution in [2.45, 2.75) is 52.0 Å². The number of aliphatic imine (C=N–C) groups is 1. The zero-order valence-electron chi connectivity index (χ0n) is 14.1. The van der Waals surface area contributed by atoms with Crippen LogP contribution in [-0.4, -0.2) is 30.6 Å². The number of anilines is 1. The predicted molar refractivity (Wildman–Crippen MR) is 109 cm³/mol. The first-order valence-electron chi connectivity index (χ1n) is 8.53. The number of rotatable bonds is 6. The molecule has 1 aliphatic heterocycles. The molecular weight excluding hydrogens is 401 g/mol. The Morgan fingerprint density at radius 1 is 1.26 bits per heavy atom. The minimum Gasteiger partial charge on any atom is -0.370 e. The number of unbranched alkanes of at least 4 members (excludes halogenated alkanes) is 1. The van der Waals surface area contributed by atoms with Crippen molar-refractivity contribution in [2.24, 2.45) is 10.7 Å². The van der Waals surface area contributed by atoms with Crippen molar-refractivity contribution < 1.29 is 0 Å². The molecule has 1 fully saturated rings. The van der Waals surface area contributed by atoms with Crippen molar-refractivity contribution >= 4 is 35.8 Å². The summed E-state index contributed by atoms with van der Waals surface area (Å²) < 4.78 is 0. The highest BCUT2D eigenvalue weighted by atomic mass is 127. The normalized spacial score (nSPS) is 15.7. The van der Waals surface area contributed by atoms with Gasteiger partial charge in [-0.05, 0) is 30.9 Å². The van der Waals surface area contributed by atoms with Crippen molar-refractivity contribution in [3.63, 3.8) is 0 Å². The number of nitrogens with two attached hydrogens (primary N) is 1. The van der Waals surface area contributed by atoms with Crippen molar-refractivity contribution in [3.05, 3.63) is 23.9 Å². The van der Waals surface area contributed by atoms with Crippen LogP contribution in [0.15, 0.2) is 23.3 Å². The number of hydrogen-bond donors (Lipinski definition) is 2. The second-order valence-electron chi connectivity index (χ2n) is 5.91. The monoisotopic (exact) mass is 431 g/mol. The maximum atomic E-state index is 5.84. The van der Waals surface area contributed by atoms with Crippen LogP contribution >= 0.6 is 24.0 Å². The summed E-state index contributed by atoms with van der Waals surface area (Å²) in [6.07, 6.45) is 9.41. The number of nitrogens with one attached hydrogen (secondary N) is 1. The Balaban J connectivity index is 0.00000264. The minimum atomic E-state index is 0. The van der Waals surface area contributed by atoms with Gasteiger partial charge in [-0.2, -0.15) is 0 Å². The Labute approximate surface area is 157 Å². The Morgan fingerprint density at radius 3 is 2.61 bits per heavy atom. The molecule has 0 bridgehead atoms. The molecule has 0 spiro atoms. The van der Waals surface area contributed by atoms with Crippen molar-refractivity contribution in [1.29, 1.82) is 0 Å². The number of halogens is 1. The Bertz CT molecular complexity index is 453. The van der Waals surface area contributed by atoms with Gasteiger partial charge in [0, 0.05) is 25.8 Å². The summed E-state index contributed by atoms with van der Waals surface area (Å²) >= 11 is 0. The quantitative estimate of drug-likeness (QED) is 0.314. The van der Waals surface area contributed by atoms with E-state index in [9.17, 15) is 0 Å². The number of nitrogens with zero attached hydrogens (tertiary/aromatic N) is 3. The van der Waals surface area contributed by atoms with Gasteiger partial charge < -0.3 is 16.0 Å². The maximum Gasteiger partial charge on any atom is 0.188 e. The van der Waals surface area contributed by atoms with Crippen LogP contribution in [0.2, 0.25) is 0 Å². The summed E-state index contributed by atoms with van der Waals surface area (Å²) in [7, 11) is 0. The third-order valence-corrected chi connectivity index (χ3v) is 4.01. The van der Waals surface area contributed by atoms with Gasteiger partial charge in [-0.25, -0.2) is 9.98 Å². The molecule has 0 atom stereocenters. The second-order valence-corrected chi connectivity index (χ2v) is 5.91. The van der Waals surface area contributed by atoms with E-state index in [1.165, 1.54) is 25.7 Å². The second kappa shape index (κ2) is 11.5. The molecular formula is C17H30IN5. The van der Waals surface area contributed by atoms with Crippen LogP contribution in [-0.2, 0) is 6.54 Å². The molecule has 2 heterocycles. The van der Waals surface area contributed by atoms with Crippen LogP contribution in [0.3, 0.4) is 0 Å². The van der Waals surface area contributed by atoms with Gasteiger partial charge in [-0.15, -0.1) is 24.0 Å². The fraction of sp³-hybridized carbons (Fsp3) is 0.647. The highest BCUT2D eigenvalue weighted by molar-refractivity contribution is 14.0. The zero-order chi connectivity index (χ0) is 15.6. The van der Waals surface area contributed by atoms with Crippen LogP contribution in [0.1, 0.15) is 51.0 Å². The summed E-state index contributed by atoms with van der Waals surface area (Å²) in [4.78, 5) is 11.3. The third kappa shape index (κ3) is 7.37. The molecule has 2 rings (SSSR count). The Kier molecular flexibility index (Phi) is 9.98. The lowest BCUT2D eigenvalue weighted by atomic mass is 10.2. The van der Waals surface area contributed by atoms with Gasteiger partial charge in [-0.3, -0.25) is 0 Å². The van der Waals surface area contributed by atoms with E-state index < -0.39 is 0 Å². The minimum absolute atomic E-state index is 0. The lowest BCUT2D eigenvalue weighted by molar-refractivity contribution is 0.726. The molecule has 1 aromatic heterocycles. The number of guanidine groups is 1. The maximum absolute atomic E-state index is 5.84. The molecule has 0 aromatic carbocycles. The molecule has 0 radical (unpaired) electrons. The van der Waals surface area contributed by atoms with Gasteiger partial charge in [0.15, 0.2) is 5.96 Å². The summed E-state index contributed by atoms with van der Waals surface area (Å²) in [6, 6.07) is 4.22. The van der Waals surface area contributed by atoms with E-state index in [0.29, 0.717) is 12.5 Å². The largest absolute Gasteiger partial charge is 0.370 e. The molecule has 0 amide bonds. The predicted octanol–water partition coefficient (Wildman–Crippen LogP) is 3.28. The van der Waals surface area contributed by atoms with E-state index in [1.807, 2.05) is 6.20 Å². The van der Waals surface area contributed by atoms with E-state index in [-0.39, 0.29) is 24.0 Å². The molecule has 1 aliphatic rings. The molecule has 1 aromatic rings. The number of pyridine rings is 1. The molecule has 0 unspecified atom stereocenters. The summed E-state index contributed by atoms with van der Waals surface area (Å²) in [5, 5.41) is 3.12. The number of hydrogen-bond acceptors (Lipinski definition) is 3. The molecule has 6 heteroatoms. The molecule has 3 N–H and O–H groups in total. The Morgan fingerprint density at radius 2 is 2.00 bits per heavy atom. The number of aromatic nitrogens is 1. The lowest BCUT2D eigenvalue weighted by Gasteiger charge is -2.21. The van der Waals surface area contributed by atoms with E-state index in [0.717, 1.165) is 43.9 Å². The summed E-state index contributed by atoms with van der Waals surface area (Å²) in [5.41, 5.74) is 6.93. The van der Waals surface area contributed by atoms with Gasteiger partial charge in [0.2, 0.25) is 0 Å². The van der Waals surface area contributed by atoms with E-state index in [2.05, 4.69) is 39.2 Å². The molecule has 0 saturated carbocycles. The third-order valence-electron chi connectivity index (χ3n) is 4.01. The summed E-state index contributed by atoms with van der Waals surface area (Å²) in [6.45, 7) is 5.88. The molecule has 1 saturated heterocycles. The van der Waals surface area contributed by atoms with Gasteiger partial charge in [0.1, 0.15) is 5.82 Å². The van der Waals surface area contributed by atoms with E-state index in [4.69, 9.17) is 5.73 Å². The van der Waals surface area contributed by atoms with Crippen LogP contribution in [0.5, 0.6) is 0 Å². The highest BCUT2D eigenvalue weighted by Crippen LogP contribution is 2.17. The first kappa shape index (κ1) is 20.0. The molecule has 5 nitrogen and oxygen atoms in total. The molecule has 0 aliphatic carbocycles. The van der Waals surface area contributed by atoms with Crippen LogP contribution in [0.25, 0.3) is 0 Å². The molecule has 23 heavy (non-hydrogen) atoms. The first-order chi connectivity index (χ1) is 10.8. The summed E-state index contributed by atoms with van der Waals surface area (Å²) in [5.74, 6) is 1.61. The smallest absolute Gasteiger partial charge is 0.188 e. The van der Waals surface area contributed by atoms with Gasteiger partial charge in [0.25, 0.3) is 0 Å². The van der Waals surface area contributed by atoms with Gasteiger partial charge in [0.05, 0.1) is 6.54 Å². The van der Waals surface area contributed by atoms with E-state index >= 15 is 0 Å². The topological polar surface area (TPSA) is 66.5 Å².